The molecule has 42 heavy (non-hydrogen) atoms. The van der Waals surface area contributed by atoms with Crippen molar-refractivity contribution in [3.8, 4) is 5.75 Å². The zero-order valence-electron chi connectivity index (χ0n) is 24.0. The molecule has 0 aliphatic heterocycles. The molecule has 0 saturated heterocycles. The quantitative estimate of drug-likeness (QED) is 0.143. The maximum absolute atomic E-state index is 12.8. The van der Waals surface area contributed by atoms with E-state index in [1.807, 2.05) is 12.1 Å². The smallest absolute Gasteiger partial charge is 0.344 e. The van der Waals surface area contributed by atoms with Crippen LogP contribution in [0.15, 0.2) is 134 Å². The van der Waals surface area contributed by atoms with E-state index in [4.69, 9.17) is 9.47 Å². The monoisotopic (exact) mass is 593 g/mol. The van der Waals surface area contributed by atoms with Crippen LogP contribution in [0.3, 0.4) is 0 Å². The fraction of sp³-hybridized carbons (Fsp3) is 0.324. The Labute approximate surface area is 256 Å². The van der Waals surface area contributed by atoms with Gasteiger partial charge in [-0.05, 0) is 135 Å². The number of carbonyl (C=O) groups is 1. The van der Waals surface area contributed by atoms with Crippen molar-refractivity contribution in [1.82, 2.24) is 0 Å². The van der Waals surface area contributed by atoms with Crippen LogP contribution in [0.25, 0.3) is 0 Å². The molecule has 0 heterocycles. The van der Waals surface area contributed by atoms with E-state index >= 15 is 0 Å². The van der Waals surface area contributed by atoms with Crippen LogP contribution in [0.4, 0.5) is 0 Å². The Kier molecular flexibility index (Phi) is 7.81. The molecule has 5 heteroatoms. The van der Waals surface area contributed by atoms with E-state index in [0.29, 0.717) is 17.6 Å². The van der Waals surface area contributed by atoms with Crippen LogP contribution >= 0.6 is 11.8 Å². The summed E-state index contributed by atoms with van der Waals surface area (Å²) in [6.07, 6.45) is 6.28. The van der Waals surface area contributed by atoms with Gasteiger partial charge in [-0.3, -0.25) is 0 Å². The van der Waals surface area contributed by atoms with Crippen LogP contribution in [-0.2, 0) is 20.4 Å². The second-order valence-electron chi connectivity index (χ2n) is 12.2. The molecule has 4 saturated carbocycles. The largest absolute Gasteiger partial charge is 0.482 e. The summed E-state index contributed by atoms with van der Waals surface area (Å²) >= 11 is 1.72. The van der Waals surface area contributed by atoms with Gasteiger partial charge in [0.1, 0.15) is 11.4 Å². The van der Waals surface area contributed by atoms with Crippen molar-refractivity contribution in [2.45, 2.75) is 69.1 Å². The molecular weight excluding hydrogens is 557 g/mol. The Morgan fingerprint density at radius 1 is 0.690 bits per heavy atom. The molecule has 0 aromatic heterocycles. The predicted molar refractivity (Wildman–Crippen MR) is 169 cm³/mol. The van der Waals surface area contributed by atoms with Gasteiger partial charge in [0, 0.05) is 9.79 Å². The van der Waals surface area contributed by atoms with Gasteiger partial charge in [0.05, 0.1) is 10.9 Å². The third-order valence-electron chi connectivity index (χ3n) is 9.53. The third-order valence-corrected chi connectivity index (χ3v) is 12.8. The van der Waals surface area contributed by atoms with Crippen molar-refractivity contribution in [3.63, 3.8) is 0 Å². The summed E-state index contributed by atoms with van der Waals surface area (Å²) in [5, 5.41) is 0. The lowest BCUT2D eigenvalue weighted by molar-refractivity contribution is -0.204. The van der Waals surface area contributed by atoms with E-state index in [1.165, 1.54) is 51.7 Å². The summed E-state index contributed by atoms with van der Waals surface area (Å²) in [6.45, 7) is 2.14. The fourth-order valence-corrected chi connectivity index (χ4v) is 10.5. The molecule has 0 amide bonds. The maximum atomic E-state index is 12.8. The Hall–Kier alpha value is -3.15. The van der Waals surface area contributed by atoms with Crippen molar-refractivity contribution >= 4 is 28.6 Å². The first kappa shape index (κ1) is 27.7. The second-order valence-corrected chi connectivity index (χ2v) is 15.4. The molecule has 4 fully saturated rings. The number of ether oxygens (including phenoxy) is 2. The van der Waals surface area contributed by atoms with Crippen LogP contribution < -0.4 is 4.74 Å². The SMILES string of the molecule is CC1(OC(=O)COc2ccc(Sc3ccc([S+](c4ccccc4)c4ccccc4)cc3)cc2)C2CC3CC(C2)CC1C3. The Bertz CT molecular complexity index is 1440. The summed E-state index contributed by atoms with van der Waals surface area (Å²) in [5.41, 5.74) is -0.313. The first-order valence-electron chi connectivity index (χ1n) is 15.1. The highest BCUT2D eigenvalue weighted by Crippen LogP contribution is 2.59. The molecule has 0 N–H and O–H groups in total. The third kappa shape index (κ3) is 5.74. The molecule has 4 bridgehead atoms. The zero-order chi connectivity index (χ0) is 28.5. The van der Waals surface area contributed by atoms with Crippen molar-refractivity contribution in [2.75, 3.05) is 6.61 Å². The first-order valence-corrected chi connectivity index (χ1v) is 17.1. The highest BCUT2D eigenvalue weighted by Gasteiger charge is 2.57. The van der Waals surface area contributed by atoms with Crippen molar-refractivity contribution in [1.29, 1.82) is 0 Å². The molecule has 0 spiro atoms. The summed E-state index contributed by atoms with van der Waals surface area (Å²) in [5.74, 6) is 3.19. The van der Waals surface area contributed by atoms with Gasteiger partial charge in [-0.2, -0.15) is 0 Å². The van der Waals surface area contributed by atoms with E-state index in [1.54, 1.807) is 11.8 Å². The molecule has 0 radical (unpaired) electrons. The average Bonchev–Trinajstić information content (AvgIpc) is 3.01. The average molecular weight is 594 g/mol. The molecule has 8 rings (SSSR count). The van der Waals surface area contributed by atoms with E-state index in [2.05, 4.69) is 104 Å². The van der Waals surface area contributed by atoms with Gasteiger partial charge in [-0.25, -0.2) is 4.79 Å². The van der Waals surface area contributed by atoms with Crippen LogP contribution in [0.2, 0.25) is 0 Å². The van der Waals surface area contributed by atoms with Crippen molar-refractivity contribution in [3.05, 3.63) is 109 Å². The summed E-state index contributed by atoms with van der Waals surface area (Å²) < 4.78 is 12.0. The molecule has 0 unspecified atom stereocenters. The molecule has 3 nitrogen and oxygen atoms in total. The number of rotatable bonds is 9. The van der Waals surface area contributed by atoms with Gasteiger partial charge in [0.25, 0.3) is 0 Å². The van der Waals surface area contributed by atoms with E-state index < -0.39 is 0 Å². The standard InChI is InChI=1S/C37H37O3S2/c1-37(28-21-26-20-27(23-28)24-29(37)22-26)40-36(38)25-39-30-12-14-31(15-13-30)41-32-16-18-35(19-17-32)42(33-8-4-2-5-9-33)34-10-6-3-7-11-34/h2-19,26-29H,20-25H2,1H3/q+1. The zero-order valence-corrected chi connectivity index (χ0v) is 25.6. The number of hydrogen-bond acceptors (Lipinski definition) is 4. The van der Waals surface area contributed by atoms with E-state index in [-0.39, 0.29) is 29.1 Å². The van der Waals surface area contributed by atoms with Crippen LogP contribution in [0.5, 0.6) is 5.75 Å². The lowest BCUT2D eigenvalue weighted by Gasteiger charge is -2.59. The summed E-state index contributed by atoms with van der Waals surface area (Å²) in [6, 6.07) is 38.3. The first-order chi connectivity index (χ1) is 20.5. The highest BCUT2D eigenvalue weighted by molar-refractivity contribution is 7.99. The second kappa shape index (κ2) is 11.9. The molecule has 4 aromatic rings. The van der Waals surface area contributed by atoms with Gasteiger partial charge in [0.15, 0.2) is 21.3 Å². The van der Waals surface area contributed by atoms with Gasteiger partial charge in [-0.1, -0.05) is 48.2 Å². The number of carbonyl (C=O) groups excluding carboxylic acids is 1. The van der Waals surface area contributed by atoms with Crippen molar-refractivity contribution < 1.29 is 14.3 Å². The van der Waals surface area contributed by atoms with E-state index in [9.17, 15) is 4.79 Å². The Morgan fingerprint density at radius 3 is 1.69 bits per heavy atom. The number of hydrogen-bond donors (Lipinski definition) is 0. The van der Waals surface area contributed by atoms with Crippen molar-refractivity contribution in [2.24, 2.45) is 23.7 Å². The number of esters is 1. The van der Waals surface area contributed by atoms with Gasteiger partial charge in [0.2, 0.25) is 0 Å². The molecule has 4 aromatic carbocycles. The van der Waals surface area contributed by atoms with Gasteiger partial charge in [-0.15, -0.1) is 0 Å². The molecule has 4 aliphatic rings. The minimum atomic E-state index is -0.313. The molecule has 4 aliphatic carbocycles. The molecule has 214 valence electrons. The number of benzene rings is 4. The minimum absolute atomic E-state index is 0.0411. The fourth-order valence-electron chi connectivity index (χ4n) is 7.61. The Balaban J connectivity index is 0.957. The highest BCUT2D eigenvalue weighted by atomic mass is 32.2. The minimum Gasteiger partial charge on any atom is -0.482 e. The van der Waals surface area contributed by atoms with Crippen LogP contribution in [-0.4, -0.2) is 18.2 Å². The lowest BCUT2D eigenvalue weighted by Crippen LogP contribution is -2.58. The molecular formula is C37H37O3S2+. The summed E-state index contributed by atoms with van der Waals surface area (Å²) in [4.78, 5) is 19.1. The van der Waals surface area contributed by atoms with E-state index in [0.717, 1.165) is 16.7 Å². The topological polar surface area (TPSA) is 35.5 Å². The van der Waals surface area contributed by atoms with Gasteiger partial charge >= 0.3 is 5.97 Å². The Morgan fingerprint density at radius 2 is 1.17 bits per heavy atom. The maximum Gasteiger partial charge on any atom is 0.344 e. The normalized spacial score (nSPS) is 25.9. The summed E-state index contributed by atoms with van der Waals surface area (Å²) in [7, 11) is -0.149. The van der Waals surface area contributed by atoms with Crippen LogP contribution in [0.1, 0.15) is 39.0 Å². The predicted octanol–water partition coefficient (Wildman–Crippen LogP) is 9.07. The van der Waals surface area contributed by atoms with Gasteiger partial charge < -0.3 is 9.47 Å². The van der Waals surface area contributed by atoms with Crippen LogP contribution in [0, 0.1) is 23.7 Å². The lowest BCUT2D eigenvalue weighted by atomic mass is 9.50. The molecule has 0 atom stereocenters.